The van der Waals surface area contributed by atoms with Crippen molar-refractivity contribution in [3.63, 3.8) is 0 Å². The molecule has 0 spiro atoms. The van der Waals surface area contributed by atoms with Gasteiger partial charge in [-0.05, 0) is 28.8 Å². The Labute approximate surface area is 189 Å². The number of carbonyl (C=O) groups excluding carboxylic acids is 1. The van der Waals surface area contributed by atoms with Crippen molar-refractivity contribution in [3.8, 4) is 0 Å². The first-order valence-corrected chi connectivity index (χ1v) is 11.0. The molecule has 0 bridgehead atoms. The number of carbonyl (C=O) groups is 1. The highest BCUT2D eigenvalue weighted by Crippen LogP contribution is 2.13. The van der Waals surface area contributed by atoms with Crippen LogP contribution in [0.1, 0.15) is 16.7 Å². The van der Waals surface area contributed by atoms with E-state index in [1.807, 2.05) is 6.07 Å². The van der Waals surface area contributed by atoms with Crippen molar-refractivity contribution in [2.75, 3.05) is 46.4 Å². The lowest BCUT2D eigenvalue weighted by Crippen LogP contribution is -2.41. The molecule has 0 aliphatic carbocycles. The van der Waals surface area contributed by atoms with E-state index in [1.165, 1.54) is 23.3 Å². The van der Waals surface area contributed by atoms with Crippen molar-refractivity contribution < 1.29 is 13.9 Å². The van der Waals surface area contributed by atoms with Crippen LogP contribution in [0.4, 0.5) is 4.39 Å². The lowest BCUT2D eigenvalue weighted by molar-refractivity contribution is -0.120. The van der Waals surface area contributed by atoms with E-state index in [9.17, 15) is 9.18 Å². The number of amides is 1. The van der Waals surface area contributed by atoms with Gasteiger partial charge in [0, 0.05) is 46.3 Å². The molecule has 1 amide bonds. The van der Waals surface area contributed by atoms with E-state index in [0.29, 0.717) is 31.2 Å². The molecular formula is C24H32FN5O2. The van der Waals surface area contributed by atoms with Crippen molar-refractivity contribution in [2.45, 2.75) is 19.5 Å². The number of hydrogen-bond acceptors (Lipinski definition) is 4. The van der Waals surface area contributed by atoms with Gasteiger partial charge in [-0.15, -0.1) is 0 Å². The summed E-state index contributed by atoms with van der Waals surface area (Å²) in [5.74, 6) is 0.196. The van der Waals surface area contributed by atoms with E-state index in [4.69, 9.17) is 4.74 Å². The van der Waals surface area contributed by atoms with Gasteiger partial charge in [0.25, 0.3) is 0 Å². The van der Waals surface area contributed by atoms with Gasteiger partial charge in [0.05, 0.1) is 19.6 Å². The summed E-state index contributed by atoms with van der Waals surface area (Å²) in [4.78, 5) is 18.7. The highest BCUT2D eigenvalue weighted by atomic mass is 19.1. The van der Waals surface area contributed by atoms with Gasteiger partial charge in [-0.3, -0.25) is 14.7 Å². The maximum absolute atomic E-state index is 13.2. The third-order valence-corrected chi connectivity index (χ3v) is 5.28. The Kier molecular flexibility index (Phi) is 9.46. The van der Waals surface area contributed by atoms with Crippen molar-refractivity contribution in [2.24, 2.45) is 4.99 Å². The van der Waals surface area contributed by atoms with Crippen molar-refractivity contribution in [1.82, 2.24) is 20.9 Å². The number of nitrogens with one attached hydrogen (secondary N) is 3. The van der Waals surface area contributed by atoms with Gasteiger partial charge in [0.15, 0.2) is 5.96 Å². The fourth-order valence-corrected chi connectivity index (χ4v) is 3.56. The van der Waals surface area contributed by atoms with Gasteiger partial charge in [-0.2, -0.15) is 0 Å². The molecule has 2 aromatic carbocycles. The Balaban J connectivity index is 1.39. The van der Waals surface area contributed by atoms with E-state index >= 15 is 0 Å². The van der Waals surface area contributed by atoms with Crippen molar-refractivity contribution in [1.29, 1.82) is 0 Å². The van der Waals surface area contributed by atoms with Gasteiger partial charge in [-0.1, -0.05) is 36.4 Å². The summed E-state index contributed by atoms with van der Waals surface area (Å²) in [6, 6.07) is 14.5. The standard InChI is InChI=1S/C24H32FN5O2/c1-26-24(28-10-9-27-23(31)16-19-5-4-8-22(25)15-19)29-17-20-6-2-3-7-21(20)18-30-11-13-32-14-12-30/h2-8,15H,9-14,16-18H2,1H3,(H,27,31)(H2,26,28,29). The highest BCUT2D eigenvalue weighted by molar-refractivity contribution is 5.80. The Morgan fingerprint density at radius 2 is 1.78 bits per heavy atom. The third-order valence-electron chi connectivity index (χ3n) is 5.28. The highest BCUT2D eigenvalue weighted by Gasteiger charge is 2.13. The molecule has 32 heavy (non-hydrogen) atoms. The van der Waals surface area contributed by atoms with Crippen molar-refractivity contribution >= 4 is 11.9 Å². The largest absolute Gasteiger partial charge is 0.379 e. The molecule has 7 nitrogen and oxygen atoms in total. The predicted octanol–water partition coefficient (Wildman–Crippen LogP) is 1.68. The van der Waals surface area contributed by atoms with Crippen LogP contribution in [0, 0.1) is 5.82 Å². The van der Waals surface area contributed by atoms with Gasteiger partial charge in [0.1, 0.15) is 5.82 Å². The first-order valence-electron chi connectivity index (χ1n) is 11.0. The average Bonchev–Trinajstić information content (AvgIpc) is 2.80. The molecule has 0 atom stereocenters. The van der Waals surface area contributed by atoms with Gasteiger partial charge in [-0.25, -0.2) is 4.39 Å². The molecule has 1 aliphatic heterocycles. The fourth-order valence-electron chi connectivity index (χ4n) is 3.56. The number of benzene rings is 2. The number of halogens is 1. The molecule has 3 rings (SSSR count). The molecule has 0 unspecified atom stereocenters. The summed E-state index contributed by atoms with van der Waals surface area (Å²) >= 11 is 0. The SMILES string of the molecule is CN=C(NCCNC(=O)Cc1cccc(F)c1)NCc1ccccc1CN1CCOCC1. The summed E-state index contributed by atoms with van der Waals surface area (Å²) < 4.78 is 18.7. The lowest BCUT2D eigenvalue weighted by Gasteiger charge is -2.27. The molecule has 1 heterocycles. The molecule has 0 aromatic heterocycles. The second-order valence-electron chi connectivity index (χ2n) is 7.67. The van der Waals surface area contributed by atoms with Gasteiger partial charge >= 0.3 is 0 Å². The van der Waals surface area contributed by atoms with Crippen LogP contribution in [-0.2, 0) is 29.0 Å². The van der Waals surface area contributed by atoms with Crippen molar-refractivity contribution in [3.05, 3.63) is 71.0 Å². The Bertz CT molecular complexity index is 899. The number of hydrogen-bond donors (Lipinski definition) is 3. The van der Waals surface area contributed by atoms with Crippen LogP contribution in [0.15, 0.2) is 53.5 Å². The summed E-state index contributed by atoms with van der Waals surface area (Å²) in [5.41, 5.74) is 3.18. The van der Waals surface area contributed by atoms with E-state index in [2.05, 4.69) is 44.0 Å². The smallest absolute Gasteiger partial charge is 0.224 e. The third kappa shape index (κ3) is 7.94. The number of guanidine groups is 1. The molecule has 1 aliphatic rings. The van der Waals surface area contributed by atoms with Gasteiger partial charge < -0.3 is 20.7 Å². The minimum atomic E-state index is -0.335. The molecule has 172 valence electrons. The number of nitrogens with zero attached hydrogens (tertiary/aromatic N) is 2. The zero-order valence-electron chi connectivity index (χ0n) is 18.6. The predicted molar refractivity (Wildman–Crippen MR) is 124 cm³/mol. The van der Waals surface area contributed by atoms with Crippen LogP contribution in [-0.4, -0.2) is 63.2 Å². The van der Waals surface area contributed by atoms with Crippen LogP contribution >= 0.6 is 0 Å². The second-order valence-corrected chi connectivity index (χ2v) is 7.67. The maximum atomic E-state index is 13.2. The topological polar surface area (TPSA) is 78.0 Å². The van der Waals surface area contributed by atoms with E-state index < -0.39 is 0 Å². The van der Waals surface area contributed by atoms with Crippen LogP contribution in [0.5, 0.6) is 0 Å². The van der Waals surface area contributed by atoms with E-state index in [-0.39, 0.29) is 18.1 Å². The zero-order valence-corrected chi connectivity index (χ0v) is 18.6. The Hall–Kier alpha value is -2.97. The molecule has 1 fully saturated rings. The lowest BCUT2D eigenvalue weighted by atomic mass is 10.1. The Morgan fingerprint density at radius 3 is 2.53 bits per heavy atom. The van der Waals surface area contributed by atoms with Gasteiger partial charge in [0.2, 0.25) is 5.91 Å². The first-order chi connectivity index (χ1) is 15.6. The quantitative estimate of drug-likeness (QED) is 0.314. The molecule has 0 saturated carbocycles. The number of ether oxygens (including phenoxy) is 1. The normalized spacial score (nSPS) is 14.8. The first kappa shape index (κ1) is 23.7. The summed E-state index contributed by atoms with van der Waals surface area (Å²) in [6.07, 6.45) is 0.157. The number of morpholine rings is 1. The molecular weight excluding hydrogens is 409 g/mol. The minimum Gasteiger partial charge on any atom is -0.379 e. The zero-order chi connectivity index (χ0) is 22.6. The molecule has 2 aromatic rings. The molecule has 0 radical (unpaired) electrons. The molecule has 1 saturated heterocycles. The maximum Gasteiger partial charge on any atom is 0.224 e. The Morgan fingerprint density at radius 1 is 1.03 bits per heavy atom. The second kappa shape index (κ2) is 12.8. The van der Waals surface area contributed by atoms with Crippen LogP contribution in [0.2, 0.25) is 0 Å². The monoisotopic (exact) mass is 441 g/mol. The molecule has 3 N–H and O–H groups in total. The number of rotatable bonds is 9. The van der Waals surface area contributed by atoms with E-state index in [0.717, 1.165) is 32.8 Å². The van der Waals surface area contributed by atoms with Crippen LogP contribution in [0.25, 0.3) is 0 Å². The number of aliphatic imine (C=N–C) groups is 1. The van der Waals surface area contributed by atoms with Crippen LogP contribution < -0.4 is 16.0 Å². The van der Waals surface area contributed by atoms with E-state index in [1.54, 1.807) is 19.2 Å². The summed E-state index contributed by atoms with van der Waals surface area (Å²) in [7, 11) is 1.72. The minimum absolute atomic E-state index is 0.141. The summed E-state index contributed by atoms with van der Waals surface area (Å²) in [6.45, 7) is 6.03. The summed E-state index contributed by atoms with van der Waals surface area (Å²) in [5, 5.41) is 9.38. The average molecular weight is 442 g/mol. The molecule has 8 heteroatoms. The fraction of sp³-hybridized carbons (Fsp3) is 0.417. The van der Waals surface area contributed by atoms with Crippen LogP contribution in [0.3, 0.4) is 0 Å².